The van der Waals surface area contributed by atoms with Crippen molar-refractivity contribution in [1.82, 2.24) is 10.2 Å². The number of carboxylic acid groups (broad SMARTS) is 1. The minimum atomic E-state index is -0.755. The van der Waals surface area contributed by atoms with Crippen molar-refractivity contribution in [2.24, 2.45) is 5.92 Å². The van der Waals surface area contributed by atoms with Crippen LogP contribution in [0.15, 0.2) is 0 Å². The van der Waals surface area contributed by atoms with Crippen LogP contribution in [-0.4, -0.2) is 48.1 Å². The van der Waals surface area contributed by atoms with Crippen molar-refractivity contribution in [3.05, 3.63) is 0 Å². The Morgan fingerprint density at radius 3 is 2.61 bits per heavy atom. The van der Waals surface area contributed by atoms with Crippen LogP contribution in [-0.2, 0) is 9.59 Å². The van der Waals surface area contributed by atoms with E-state index in [-0.39, 0.29) is 11.8 Å². The fraction of sp³-hybridized carbons (Fsp3) is 0.692. The molecule has 1 aliphatic heterocycles. The van der Waals surface area contributed by atoms with Gasteiger partial charge in [-0.2, -0.15) is 0 Å². The Hall–Kier alpha value is -1.54. The number of rotatable bonds is 6. The van der Waals surface area contributed by atoms with E-state index in [2.05, 4.69) is 11.2 Å². The molecule has 1 amide bonds. The third-order valence-corrected chi connectivity index (χ3v) is 3.15. The van der Waals surface area contributed by atoms with Crippen molar-refractivity contribution in [2.75, 3.05) is 26.2 Å². The van der Waals surface area contributed by atoms with Gasteiger partial charge in [-0.1, -0.05) is 0 Å². The Balaban J connectivity index is 2.16. The Labute approximate surface area is 108 Å². The molecule has 0 unspecified atom stereocenters. The molecule has 5 nitrogen and oxygen atoms in total. The van der Waals surface area contributed by atoms with Gasteiger partial charge in [0.15, 0.2) is 0 Å². The largest absolute Gasteiger partial charge is 0.481 e. The fourth-order valence-electron chi connectivity index (χ4n) is 2.00. The first-order valence-corrected chi connectivity index (χ1v) is 6.30. The van der Waals surface area contributed by atoms with Gasteiger partial charge in [-0.15, -0.1) is 12.3 Å². The van der Waals surface area contributed by atoms with Gasteiger partial charge < -0.3 is 15.3 Å². The van der Waals surface area contributed by atoms with Gasteiger partial charge in [-0.3, -0.25) is 9.59 Å². The maximum atomic E-state index is 11.8. The molecule has 18 heavy (non-hydrogen) atoms. The fourth-order valence-corrected chi connectivity index (χ4v) is 2.00. The molecule has 0 aromatic rings. The minimum Gasteiger partial charge on any atom is -0.481 e. The zero-order valence-corrected chi connectivity index (χ0v) is 10.5. The molecule has 0 spiro atoms. The molecule has 1 saturated heterocycles. The van der Waals surface area contributed by atoms with Gasteiger partial charge in [0.05, 0.1) is 12.5 Å². The molecular formula is C13H20N2O3. The average Bonchev–Trinajstić information content (AvgIpc) is 2.38. The van der Waals surface area contributed by atoms with Crippen molar-refractivity contribution in [3.63, 3.8) is 0 Å². The van der Waals surface area contributed by atoms with E-state index in [1.165, 1.54) is 0 Å². The number of nitrogens with zero attached hydrogens (tertiary/aromatic N) is 1. The summed E-state index contributed by atoms with van der Waals surface area (Å²) in [6.07, 6.45) is 7.81. The monoisotopic (exact) mass is 252 g/mol. The molecule has 1 aliphatic rings. The Kier molecular flexibility index (Phi) is 6.23. The summed E-state index contributed by atoms with van der Waals surface area (Å²) in [5.41, 5.74) is 0. The van der Waals surface area contributed by atoms with E-state index in [1.54, 1.807) is 4.90 Å². The molecule has 1 heterocycles. The number of carbonyl (C=O) groups is 2. The minimum absolute atomic E-state index is 0.0412. The first-order chi connectivity index (χ1) is 8.65. The predicted molar refractivity (Wildman–Crippen MR) is 67.9 cm³/mol. The molecule has 1 fully saturated rings. The summed E-state index contributed by atoms with van der Waals surface area (Å²) >= 11 is 0. The zero-order chi connectivity index (χ0) is 13.4. The maximum absolute atomic E-state index is 11.8. The van der Waals surface area contributed by atoms with E-state index in [9.17, 15) is 9.59 Å². The highest BCUT2D eigenvalue weighted by Crippen LogP contribution is 2.16. The third kappa shape index (κ3) is 4.76. The summed E-state index contributed by atoms with van der Waals surface area (Å²) in [5.74, 6) is 1.54. The number of unbranched alkanes of at least 4 members (excludes halogenated alkanes) is 1. The predicted octanol–water partition coefficient (Wildman–Crippen LogP) is 0.313. The summed E-state index contributed by atoms with van der Waals surface area (Å²) in [5, 5.41) is 11.9. The van der Waals surface area contributed by atoms with Gasteiger partial charge in [0.2, 0.25) is 5.91 Å². The number of hydrogen-bond donors (Lipinski definition) is 2. The van der Waals surface area contributed by atoms with Crippen LogP contribution in [0.1, 0.15) is 25.7 Å². The van der Waals surface area contributed by atoms with Gasteiger partial charge in [0.25, 0.3) is 0 Å². The van der Waals surface area contributed by atoms with Crippen LogP contribution in [0.5, 0.6) is 0 Å². The Bertz CT molecular complexity index is 328. The lowest BCUT2D eigenvalue weighted by molar-refractivity contribution is -0.145. The number of amides is 1. The molecule has 0 radical (unpaired) electrons. The van der Waals surface area contributed by atoms with Gasteiger partial charge in [-0.05, 0) is 25.8 Å². The molecule has 0 saturated carbocycles. The number of likely N-dealkylation sites (tertiary alicyclic amines) is 1. The lowest BCUT2D eigenvalue weighted by atomic mass is 9.97. The lowest BCUT2D eigenvalue weighted by Crippen LogP contribution is -2.44. The van der Waals surface area contributed by atoms with Gasteiger partial charge in [0, 0.05) is 19.5 Å². The number of aliphatic carboxylic acids is 1. The molecule has 0 aliphatic carbocycles. The second-order valence-corrected chi connectivity index (χ2v) is 4.48. The van der Waals surface area contributed by atoms with Crippen LogP contribution in [0.2, 0.25) is 0 Å². The van der Waals surface area contributed by atoms with E-state index in [4.69, 9.17) is 11.5 Å². The van der Waals surface area contributed by atoms with E-state index in [0.29, 0.717) is 38.9 Å². The second-order valence-electron chi connectivity index (χ2n) is 4.48. The lowest BCUT2D eigenvalue weighted by Gasteiger charge is -2.30. The molecule has 2 N–H and O–H groups in total. The van der Waals surface area contributed by atoms with Crippen LogP contribution in [0.3, 0.4) is 0 Å². The molecule has 0 atom stereocenters. The summed E-state index contributed by atoms with van der Waals surface area (Å²) in [6, 6.07) is 0. The van der Waals surface area contributed by atoms with Gasteiger partial charge in [0.1, 0.15) is 0 Å². The van der Waals surface area contributed by atoms with Crippen molar-refractivity contribution in [1.29, 1.82) is 0 Å². The first-order valence-electron chi connectivity index (χ1n) is 6.30. The smallest absolute Gasteiger partial charge is 0.306 e. The summed E-state index contributed by atoms with van der Waals surface area (Å²) in [7, 11) is 0. The molecule has 0 aromatic heterocycles. The summed E-state index contributed by atoms with van der Waals surface area (Å²) in [4.78, 5) is 24.3. The van der Waals surface area contributed by atoms with Crippen LogP contribution < -0.4 is 5.32 Å². The normalized spacial score (nSPS) is 16.3. The number of terminal acetylenes is 1. The van der Waals surface area contributed by atoms with Gasteiger partial charge in [-0.25, -0.2) is 0 Å². The molecule has 1 rings (SSSR count). The SMILES string of the molecule is C#CCCCNCC(=O)N1CCC(C(=O)O)CC1. The zero-order valence-electron chi connectivity index (χ0n) is 10.5. The maximum Gasteiger partial charge on any atom is 0.306 e. The number of carbonyl (C=O) groups excluding carboxylic acids is 1. The molecule has 5 heteroatoms. The number of carboxylic acids is 1. The number of piperidine rings is 1. The van der Waals surface area contributed by atoms with Crippen LogP contribution in [0, 0.1) is 18.3 Å². The highest BCUT2D eigenvalue weighted by atomic mass is 16.4. The summed E-state index contributed by atoms with van der Waals surface area (Å²) < 4.78 is 0. The van der Waals surface area contributed by atoms with E-state index in [0.717, 1.165) is 13.0 Å². The molecular weight excluding hydrogens is 232 g/mol. The quantitative estimate of drug-likeness (QED) is 0.527. The summed E-state index contributed by atoms with van der Waals surface area (Å²) in [6.45, 7) is 2.13. The van der Waals surface area contributed by atoms with Crippen molar-refractivity contribution >= 4 is 11.9 Å². The first kappa shape index (κ1) is 14.5. The molecule has 100 valence electrons. The highest BCUT2D eigenvalue weighted by molar-refractivity contribution is 5.78. The number of nitrogens with one attached hydrogen (secondary N) is 1. The van der Waals surface area contributed by atoms with E-state index >= 15 is 0 Å². The van der Waals surface area contributed by atoms with E-state index in [1.807, 2.05) is 0 Å². The van der Waals surface area contributed by atoms with Gasteiger partial charge >= 0.3 is 5.97 Å². The van der Waals surface area contributed by atoms with Crippen LogP contribution in [0.25, 0.3) is 0 Å². The second kappa shape index (κ2) is 7.72. The van der Waals surface area contributed by atoms with E-state index < -0.39 is 5.97 Å². The Morgan fingerprint density at radius 1 is 1.39 bits per heavy atom. The van der Waals surface area contributed by atoms with Crippen molar-refractivity contribution < 1.29 is 14.7 Å². The van der Waals surface area contributed by atoms with Crippen molar-refractivity contribution in [2.45, 2.75) is 25.7 Å². The highest BCUT2D eigenvalue weighted by Gasteiger charge is 2.26. The van der Waals surface area contributed by atoms with Crippen molar-refractivity contribution in [3.8, 4) is 12.3 Å². The standard InChI is InChI=1S/C13H20N2O3/c1-2-3-4-7-14-10-12(16)15-8-5-11(6-9-15)13(17)18/h1,11,14H,3-10H2,(H,17,18). The van der Waals surface area contributed by atoms with Crippen LogP contribution >= 0.6 is 0 Å². The third-order valence-electron chi connectivity index (χ3n) is 3.15. The molecule has 0 aromatic carbocycles. The topological polar surface area (TPSA) is 69.6 Å². The average molecular weight is 252 g/mol. The number of hydrogen-bond acceptors (Lipinski definition) is 3. The Morgan fingerprint density at radius 2 is 2.06 bits per heavy atom. The molecule has 0 bridgehead atoms. The van der Waals surface area contributed by atoms with Crippen LogP contribution in [0.4, 0.5) is 0 Å².